The van der Waals surface area contributed by atoms with E-state index in [9.17, 15) is 14.1 Å². The average Bonchev–Trinajstić information content (AvgIpc) is 3.25. The number of thiazole rings is 1. The Balaban J connectivity index is 1.99. The van der Waals surface area contributed by atoms with Crippen LogP contribution >= 0.6 is 11.3 Å². The minimum atomic E-state index is -1.45. The van der Waals surface area contributed by atoms with Crippen molar-refractivity contribution in [1.29, 1.82) is 0 Å². The summed E-state index contributed by atoms with van der Waals surface area (Å²) in [6, 6.07) is 4.93. The average molecular weight is 351 g/mol. The number of nitrogens with two attached hydrogens (primary N) is 1. The van der Waals surface area contributed by atoms with E-state index in [0.29, 0.717) is 20.7 Å². The van der Waals surface area contributed by atoms with Crippen LogP contribution in [-0.2, 0) is 17.3 Å². The maximum Gasteiger partial charge on any atom is 0.335 e. The van der Waals surface area contributed by atoms with E-state index in [0.717, 1.165) is 31.6 Å². The van der Waals surface area contributed by atoms with Gasteiger partial charge in [-0.05, 0) is 31.0 Å². The zero-order valence-corrected chi connectivity index (χ0v) is 14.0. The lowest BCUT2D eigenvalue weighted by molar-refractivity contribution is 0.0696. The van der Waals surface area contributed by atoms with Crippen LogP contribution in [0.2, 0.25) is 0 Å². The van der Waals surface area contributed by atoms with E-state index in [1.807, 2.05) is 6.07 Å². The van der Waals surface area contributed by atoms with E-state index >= 15 is 0 Å². The number of benzene rings is 1. The van der Waals surface area contributed by atoms with Gasteiger partial charge in [0.15, 0.2) is 0 Å². The molecule has 0 bridgehead atoms. The van der Waals surface area contributed by atoms with Crippen molar-refractivity contribution in [3.05, 3.63) is 35.0 Å². The van der Waals surface area contributed by atoms with Crippen molar-refractivity contribution in [1.82, 2.24) is 4.98 Å². The molecule has 1 aliphatic rings. The van der Waals surface area contributed by atoms with Crippen LogP contribution in [0, 0.1) is 0 Å². The van der Waals surface area contributed by atoms with Gasteiger partial charge in [0.2, 0.25) is 0 Å². The number of aromatic carboxylic acids is 1. The van der Waals surface area contributed by atoms with Crippen molar-refractivity contribution < 1.29 is 14.1 Å². The molecule has 1 unspecified atom stereocenters. The lowest BCUT2D eigenvalue weighted by Gasteiger charge is -2.19. The molecule has 0 spiro atoms. The Morgan fingerprint density at radius 1 is 1.35 bits per heavy atom. The number of rotatable bonds is 5. The standard InChI is InChI=1S/C15H17N3O3S2/c16-8-13-17-9-14(22-13)23(21)12-6-10(15(19)20)5-11(7-12)18-3-1-2-4-18/h5-7,9H,1-4,8,16H2,(H,19,20). The molecule has 1 aromatic heterocycles. The van der Waals surface area contributed by atoms with E-state index in [2.05, 4.69) is 9.88 Å². The van der Waals surface area contributed by atoms with Gasteiger partial charge in [-0.3, -0.25) is 0 Å². The molecule has 6 nitrogen and oxygen atoms in total. The van der Waals surface area contributed by atoms with Gasteiger partial charge in [0.1, 0.15) is 9.22 Å². The Hall–Kier alpha value is -1.77. The van der Waals surface area contributed by atoms with Crippen molar-refractivity contribution in [2.24, 2.45) is 5.73 Å². The van der Waals surface area contributed by atoms with E-state index in [4.69, 9.17) is 5.73 Å². The minimum absolute atomic E-state index is 0.154. The Labute approximate surface area is 140 Å². The SMILES string of the molecule is NCc1ncc(S(=O)c2cc(C(=O)O)cc(N3CCCC3)c2)s1. The second-order valence-corrected chi connectivity index (χ2v) is 8.08. The van der Waals surface area contributed by atoms with Crippen molar-refractivity contribution >= 4 is 33.8 Å². The Bertz CT molecular complexity index is 754. The van der Waals surface area contributed by atoms with Gasteiger partial charge in [-0.1, -0.05) is 0 Å². The first-order chi connectivity index (χ1) is 11.1. The number of hydrogen-bond donors (Lipinski definition) is 2. The molecule has 3 rings (SSSR count). The maximum absolute atomic E-state index is 12.7. The molecule has 0 aliphatic carbocycles. The molecule has 0 amide bonds. The number of carboxylic acid groups (broad SMARTS) is 1. The number of carbonyl (C=O) groups is 1. The highest BCUT2D eigenvalue weighted by Crippen LogP contribution is 2.28. The minimum Gasteiger partial charge on any atom is -0.478 e. The molecule has 1 atom stereocenters. The fourth-order valence-corrected chi connectivity index (χ4v) is 4.81. The summed E-state index contributed by atoms with van der Waals surface area (Å²) in [6.07, 6.45) is 3.72. The summed E-state index contributed by atoms with van der Waals surface area (Å²) in [6.45, 7) is 2.09. The van der Waals surface area contributed by atoms with Crippen LogP contribution < -0.4 is 10.6 Å². The van der Waals surface area contributed by atoms with Gasteiger partial charge in [-0.2, -0.15) is 0 Å². The summed E-state index contributed by atoms with van der Waals surface area (Å²) in [5, 5.41) is 10.0. The summed E-state index contributed by atoms with van der Waals surface area (Å²) in [5.74, 6) is -1.02. The molecule has 0 saturated carbocycles. The molecule has 1 saturated heterocycles. The van der Waals surface area contributed by atoms with Crippen LogP contribution in [-0.4, -0.2) is 33.4 Å². The molecule has 2 aromatic rings. The largest absolute Gasteiger partial charge is 0.478 e. The normalized spacial score (nSPS) is 15.8. The first-order valence-electron chi connectivity index (χ1n) is 7.28. The predicted molar refractivity (Wildman–Crippen MR) is 89.5 cm³/mol. The summed E-state index contributed by atoms with van der Waals surface area (Å²) in [7, 11) is -1.45. The molecular weight excluding hydrogens is 334 g/mol. The Kier molecular flexibility index (Phi) is 4.74. The van der Waals surface area contributed by atoms with Crippen molar-refractivity contribution in [3.63, 3.8) is 0 Å². The molecule has 2 heterocycles. The van der Waals surface area contributed by atoms with E-state index < -0.39 is 16.8 Å². The first-order valence-corrected chi connectivity index (χ1v) is 9.25. The van der Waals surface area contributed by atoms with Gasteiger partial charge in [-0.25, -0.2) is 14.0 Å². The fourth-order valence-electron chi connectivity index (χ4n) is 2.56. The number of aromatic nitrogens is 1. The highest BCUT2D eigenvalue weighted by atomic mass is 32.2. The van der Waals surface area contributed by atoms with Crippen LogP contribution in [0.3, 0.4) is 0 Å². The Morgan fingerprint density at radius 3 is 2.70 bits per heavy atom. The van der Waals surface area contributed by atoms with Gasteiger partial charge in [0.25, 0.3) is 0 Å². The molecule has 3 N–H and O–H groups in total. The molecular formula is C15H17N3O3S2. The zero-order chi connectivity index (χ0) is 16.4. The third-order valence-corrected chi connectivity index (χ3v) is 6.37. The smallest absolute Gasteiger partial charge is 0.335 e. The molecule has 1 aromatic carbocycles. The molecule has 23 heavy (non-hydrogen) atoms. The number of carboxylic acids is 1. The first kappa shape index (κ1) is 16.1. The van der Waals surface area contributed by atoms with Gasteiger partial charge in [-0.15, -0.1) is 11.3 Å². The van der Waals surface area contributed by atoms with Gasteiger partial charge < -0.3 is 15.7 Å². The number of hydrogen-bond acceptors (Lipinski definition) is 6. The van der Waals surface area contributed by atoms with Crippen molar-refractivity contribution in [2.75, 3.05) is 18.0 Å². The fraction of sp³-hybridized carbons (Fsp3) is 0.333. The van der Waals surface area contributed by atoms with Crippen molar-refractivity contribution in [3.8, 4) is 0 Å². The van der Waals surface area contributed by atoms with E-state index in [1.54, 1.807) is 12.3 Å². The van der Waals surface area contributed by atoms with Gasteiger partial charge >= 0.3 is 5.97 Å². The highest BCUT2D eigenvalue weighted by Gasteiger charge is 2.19. The van der Waals surface area contributed by atoms with Crippen molar-refractivity contribution in [2.45, 2.75) is 28.5 Å². The second-order valence-electron chi connectivity index (χ2n) is 5.26. The summed E-state index contributed by atoms with van der Waals surface area (Å²) in [5.41, 5.74) is 6.51. The van der Waals surface area contributed by atoms with Crippen LogP contribution in [0.1, 0.15) is 28.2 Å². The molecule has 8 heteroatoms. The number of nitrogens with zero attached hydrogens (tertiary/aromatic N) is 2. The summed E-state index contributed by atoms with van der Waals surface area (Å²) in [4.78, 5) is 18.1. The zero-order valence-electron chi connectivity index (χ0n) is 12.4. The van der Waals surface area contributed by atoms with Crippen LogP contribution in [0.4, 0.5) is 5.69 Å². The molecule has 122 valence electrons. The summed E-state index contributed by atoms with van der Waals surface area (Å²) < 4.78 is 13.3. The molecule has 0 radical (unpaired) electrons. The van der Waals surface area contributed by atoms with Crippen LogP contribution in [0.25, 0.3) is 0 Å². The molecule has 1 fully saturated rings. The van der Waals surface area contributed by atoms with E-state index in [-0.39, 0.29) is 5.56 Å². The predicted octanol–water partition coefficient (Wildman–Crippen LogP) is 2.07. The monoisotopic (exact) mass is 351 g/mol. The lowest BCUT2D eigenvalue weighted by atomic mass is 10.2. The highest BCUT2D eigenvalue weighted by molar-refractivity contribution is 7.87. The molecule has 1 aliphatic heterocycles. The van der Waals surface area contributed by atoms with E-state index in [1.165, 1.54) is 17.4 Å². The van der Waals surface area contributed by atoms with Crippen LogP contribution in [0.15, 0.2) is 33.5 Å². The topological polar surface area (TPSA) is 96.5 Å². The number of anilines is 1. The summed E-state index contributed by atoms with van der Waals surface area (Å²) >= 11 is 1.29. The lowest BCUT2D eigenvalue weighted by Crippen LogP contribution is -2.18. The maximum atomic E-state index is 12.7. The Morgan fingerprint density at radius 2 is 2.09 bits per heavy atom. The quantitative estimate of drug-likeness (QED) is 0.856. The van der Waals surface area contributed by atoms with Gasteiger partial charge in [0, 0.05) is 30.2 Å². The third kappa shape index (κ3) is 3.44. The second kappa shape index (κ2) is 6.77. The van der Waals surface area contributed by atoms with Crippen LogP contribution in [0.5, 0.6) is 0 Å². The van der Waals surface area contributed by atoms with Gasteiger partial charge in [0.05, 0.1) is 22.6 Å². The third-order valence-electron chi connectivity index (χ3n) is 3.71.